The second kappa shape index (κ2) is 9.00. The molecule has 134 valence electrons. The number of methoxy groups -OCH3 is 1. The molecule has 0 radical (unpaired) electrons. The molecule has 0 spiro atoms. The van der Waals surface area contributed by atoms with E-state index in [1.807, 2.05) is 0 Å². The number of nitrogens with one attached hydrogen (secondary N) is 2. The molecule has 0 aliphatic carbocycles. The van der Waals surface area contributed by atoms with Crippen molar-refractivity contribution >= 4 is 24.1 Å². The van der Waals surface area contributed by atoms with Gasteiger partial charge in [-0.3, -0.25) is 10.2 Å². The molecular weight excluding hydrogens is 349 g/mol. The van der Waals surface area contributed by atoms with Crippen molar-refractivity contribution in [1.29, 1.82) is 5.41 Å². The Bertz CT molecular complexity index is 733. The molecule has 1 amide bonds. The van der Waals surface area contributed by atoms with E-state index in [4.69, 9.17) is 15.9 Å². The van der Waals surface area contributed by atoms with Gasteiger partial charge in [-0.15, -0.1) is 12.4 Å². The number of carbonyl (C=O) groups is 1. The Morgan fingerprint density at radius 1 is 1.32 bits per heavy atom. The van der Waals surface area contributed by atoms with Gasteiger partial charge in [0.25, 0.3) is 5.91 Å². The third-order valence-corrected chi connectivity index (χ3v) is 3.50. The van der Waals surface area contributed by atoms with Gasteiger partial charge in [0.2, 0.25) is 0 Å². The first-order chi connectivity index (χ1) is 11.4. The number of amides is 1. The number of hydrogen-bond donors (Lipinski definition) is 4. The second-order valence-corrected chi connectivity index (χ2v) is 5.12. The van der Waals surface area contributed by atoms with Crippen LogP contribution in [0.3, 0.4) is 0 Å². The summed E-state index contributed by atoms with van der Waals surface area (Å²) in [6.07, 6.45) is -1.26. The average Bonchev–Trinajstić information content (AvgIpc) is 2.56. The number of benzene rings is 2. The van der Waals surface area contributed by atoms with E-state index in [-0.39, 0.29) is 36.1 Å². The first-order valence-electron chi connectivity index (χ1n) is 7.15. The van der Waals surface area contributed by atoms with Gasteiger partial charge < -0.3 is 20.9 Å². The molecule has 2 rings (SSSR count). The minimum Gasteiger partial charge on any atom is -0.507 e. The fourth-order valence-electron chi connectivity index (χ4n) is 2.23. The molecule has 2 aromatic carbocycles. The summed E-state index contributed by atoms with van der Waals surface area (Å²) in [6, 6.07) is 10.6. The normalized spacial score (nSPS) is 11.3. The van der Waals surface area contributed by atoms with Crippen LogP contribution in [-0.4, -0.2) is 24.0 Å². The Balaban J connectivity index is 0.00000312. The molecule has 5 N–H and O–H groups in total. The standard InChI is InChI=1S/C17H18FN3O3.ClH/c1-24-15(14-12(18)3-2-4-13(14)22)17(23)21-9-10-5-7-11(8-6-10)16(19)20;/h2-8,15,22H,9H2,1H3,(H3,19,20)(H,21,23);1H/t15-;/m0./s1. The summed E-state index contributed by atoms with van der Waals surface area (Å²) in [5.41, 5.74) is 6.53. The van der Waals surface area contributed by atoms with Gasteiger partial charge in [-0.05, 0) is 17.7 Å². The van der Waals surface area contributed by atoms with Crippen molar-refractivity contribution in [3.8, 4) is 5.75 Å². The summed E-state index contributed by atoms with van der Waals surface area (Å²) < 4.78 is 18.9. The summed E-state index contributed by atoms with van der Waals surface area (Å²) in [5, 5.41) is 19.7. The van der Waals surface area contributed by atoms with Gasteiger partial charge in [0, 0.05) is 19.2 Å². The SMILES string of the molecule is CO[C@H](C(=O)NCc1ccc(C(=N)N)cc1)c1c(O)cccc1F.Cl. The van der Waals surface area contributed by atoms with Gasteiger partial charge in [-0.1, -0.05) is 30.3 Å². The fraction of sp³-hybridized carbons (Fsp3) is 0.176. The number of rotatable bonds is 6. The number of amidine groups is 1. The molecule has 25 heavy (non-hydrogen) atoms. The van der Waals surface area contributed by atoms with Crippen molar-refractivity contribution in [2.75, 3.05) is 7.11 Å². The maximum absolute atomic E-state index is 13.9. The minimum atomic E-state index is -1.26. The molecule has 0 saturated heterocycles. The molecule has 0 fully saturated rings. The third kappa shape index (κ3) is 4.91. The number of hydrogen-bond acceptors (Lipinski definition) is 4. The highest BCUT2D eigenvalue weighted by Gasteiger charge is 2.26. The highest BCUT2D eigenvalue weighted by atomic mass is 35.5. The van der Waals surface area contributed by atoms with E-state index in [1.165, 1.54) is 19.2 Å². The first kappa shape index (κ1) is 20.4. The van der Waals surface area contributed by atoms with Gasteiger partial charge in [0.15, 0.2) is 6.10 Å². The van der Waals surface area contributed by atoms with Gasteiger partial charge >= 0.3 is 0 Å². The number of phenolic OH excluding ortho intramolecular Hbond substituents is 1. The third-order valence-electron chi connectivity index (χ3n) is 3.50. The van der Waals surface area contributed by atoms with Crippen LogP contribution in [0.1, 0.15) is 22.8 Å². The van der Waals surface area contributed by atoms with Crippen molar-refractivity contribution in [1.82, 2.24) is 5.32 Å². The number of aromatic hydroxyl groups is 1. The van der Waals surface area contributed by atoms with E-state index < -0.39 is 17.8 Å². The van der Waals surface area contributed by atoms with E-state index >= 15 is 0 Å². The molecule has 1 atom stereocenters. The molecular formula is C17H19ClFN3O3. The van der Waals surface area contributed by atoms with E-state index in [2.05, 4.69) is 5.32 Å². The number of nitrogens with two attached hydrogens (primary N) is 1. The van der Waals surface area contributed by atoms with Crippen LogP contribution in [0.5, 0.6) is 5.75 Å². The molecule has 8 heteroatoms. The maximum Gasteiger partial charge on any atom is 0.254 e. The Morgan fingerprint density at radius 3 is 2.48 bits per heavy atom. The van der Waals surface area contributed by atoms with Crippen molar-refractivity contribution in [2.45, 2.75) is 12.6 Å². The van der Waals surface area contributed by atoms with E-state index in [0.29, 0.717) is 5.56 Å². The van der Waals surface area contributed by atoms with Gasteiger partial charge in [0.1, 0.15) is 17.4 Å². The molecule has 0 heterocycles. The second-order valence-electron chi connectivity index (χ2n) is 5.12. The van der Waals surface area contributed by atoms with Crippen LogP contribution in [0.15, 0.2) is 42.5 Å². The summed E-state index contributed by atoms with van der Waals surface area (Å²) in [6.45, 7) is 0.187. The van der Waals surface area contributed by atoms with Crippen molar-refractivity contribution in [3.63, 3.8) is 0 Å². The zero-order chi connectivity index (χ0) is 17.7. The van der Waals surface area contributed by atoms with Crippen molar-refractivity contribution < 1.29 is 19.0 Å². The highest BCUT2D eigenvalue weighted by Crippen LogP contribution is 2.29. The number of halogens is 2. The molecule has 2 aromatic rings. The molecule has 0 saturated carbocycles. The first-order valence-corrected chi connectivity index (χ1v) is 7.15. The van der Waals surface area contributed by atoms with Crippen LogP contribution >= 0.6 is 12.4 Å². The summed E-state index contributed by atoms with van der Waals surface area (Å²) in [4.78, 5) is 12.3. The maximum atomic E-state index is 13.9. The lowest BCUT2D eigenvalue weighted by Gasteiger charge is -2.17. The fourth-order valence-corrected chi connectivity index (χ4v) is 2.23. The Labute approximate surface area is 150 Å². The molecule has 0 aliphatic heterocycles. The lowest BCUT2D eigenvalue weighted by molar-refractivity contribution is -0.131. The summed E-state index contributed by atoms with van der Waals surface area (Å²) >= 11 is 0. The van der Waals surface area contributed by atoms with E-state index in [1.54, 1.807) is 24.3 Å². The van der Waals surface area contributed by atoms with Crippen LogP contribution in [0, 0.1) is 11.2 Å². The predicted octanol–water partition coefficient (Wildman–Crippen LogP) is 2.24. The highest BCUT2D eigenvalue weighted by molar-refractivity contribution is 5.94. The van der Waals surface area contributed by atoms with Crippen LogP contribution in [-0.2, 0) is 16.1 Å². The molecule has 0 aliphatic rings. The predicted molar refractivity (Wildman–Crippen MR) is 94.4 cm³/mol. The average molecular weight is 368 g/mol. The topological polar surface area (TPSA) is 108 Å². The number of carbonyl (C=O) groups excluding carboxylic acids is 1. The lowest BCUT2D eigenvalue weighted by atomic mass is 10.1. The summed E-state index contributed by atoms with van der Waals surface area (Å²) in [5.74, 6) is -1.68. The smallest absolute Gasteiger partial charge is 0.254 e. The zero-order valence-corrected chi connectivity index (χ0v) is 14.3. The molecule has 0 unspecified atom stereocenters. The Kier molecular flexibility index (Phi) is 7.35. The van der Waals surface area contributed by atoms with Crippen LogP contribution in [0.25, 0.3) is 0 Å². The zero-order valence-electron chi connectivity index (χ0n) is 13.5. The Morgan fingerprint density at radius 2 is 1.96 bits per heavy atom. The monoisotopic (exact) mass is 367 g/mol. The van der Waals surface area contributed by atoms with Gasteiger partial charge in [-0.25, -0.2) is 4.39 Å². The Hall–Kier alpha value is -2.64. The molecule has 0 aromatic heterocycles. The summed E-state index contributed by atoms with van der Waals surface area (Å²) in [7, 11) is 1.26. The lowest BCUT2D eigenvalue weighted by Crippen LogP contribution is -2.30. The largest absolute Gasteiger partial charge is 0.507 e. The quantitative estimate of drug-likeness (QED) is 0.463. The van der Waals surface area contributed by atoms with Crippen LogP contribution in [0.4, 0.5) is 4.39 Å². The van der Waals surface area contributed by atoms with Crippen molar-refractivity contribution in [3.05, 3.63) is 65.0 Å². The number of phenols is 1. The van der Waals surface area contributed by atoms with Gasteiger partial charge in [-0.2, -0.15) is 0 Å². The number of nitrogen functional groups attached to an aromatic ring is 1. The van der Waals surface area contributed by atoms with E-state index in [9.17, 15) is 14.3 Å². The number of ether oxygens (including phenoxy) is 1. The van der Waals surface area contributed by atoms with Crippen LogP contribution in [0.2, 0.25) is 0 Å². The van der Waals surface area contributed by atoms with Crippen LogP contribution < -0.4 is 11.1 Å². The minimum absolute atomic E-state index is 0. The van der Waals surface area contributed by atoms with Crippen molar-refractivity contribution in [2.24, 2.45) is 5.73 Å². The van der Waals surface area contributed by atoms with Gasteiger partial charge in [0.05, 0.1) is 5.56 Å². The molecule has 0 bridgehead atoms. The van der Waals surface area contributed by atoms with E-state index in [0.717, 1.165) is 11.6 Å². The molecule has 6 nitrogen and oxygen atoms in total.